The van der Waals surface area contributed by atoms with Gasteiger partial charge in [0.1, 0.15) is 24.4 Å². The lowest BCUT2D eigenvalue weighted by Crippen LogP contribution is -2.36. The van der Waals surface area contributed by atoms with Crippen molar-refractivity contribution in [2.45, 2.75) is 37.9 Å². The molecule has 0 spiro atoms. The highest BCUT2D eigenvalue weighted by molar-refractivity contribution is 6.30. The summed E-state index contributed by atoms with van der Waals surface area (Å²) in [6.07, 6.45) is 3.31. The van der Waals surface area contributed by atoms with Crippen LogP contribution >= 0.6 is 11.6 Å². The van der Waals surface area contributed by atoms with Gasteiger partial charge in [0.05, 0.1) is 6.42 Å². The SMILES string of the molecule is C=C(CC(=O)OCc1ccccc1)C1(CC/C=C/C(=O)OCc2ccccc2)C(=O)Oc2ccc(Cl)cc21. The molecule has 1 aliphatic heterocycles. The van der Waals surface area contributed by atoms with E-state index >= 15 is 0 Å². The molecule has 4 rings (SSSR count). The minimum absolute atomic E-state index is 0.112. The number of carbonyl (C=O) groups excluding carboxylic acids is 3. The third kappa shape index (κ3) is 6.39. The zero-order valence-electron chi connectivity index (χ0n) is 20.7. The molecule has 0 bridgehead atoms. The van der Waals surface area contributed by atoms with Crippen molar-refractivity contribution in [2.24, 2.45) is 0 Å². The van der Waals surface area contributed by atoms with Gasteiger partial charge in [-0.05, 0) is 47.7 Å². The average molecular weight is 531 g/mol. The Balaban J connectivity index is 1.44. The van der Waals surface area contributed by atoms with Crippen LogP contribution in [0.5, 0.6) is 5.75 Å². The summed E-state index contributed by atoms with van der Waals surface area (Å²) in [6, 6.07) is 23.6. The second kappa shape index (κ2) is 12.4. The molecule has 0 amide bonds. The number of halogens is 1. The number of fused-ring (bicyclic) bond motifs is 1. The number of allylic oxidation sites excluding steroid dienone is 1. The molecule has 194 valence electrons. The van der Waals surface area contributed by atoms with Crippen LogP contribution in [0.1, 0.15) is 36.0 Å². The molecule has 1 heterocycles. The Kier molecular flexibility index (Phi) is 8.77. The number of esters is 3. The summed E-state index contributed by atoms with van der Waals surface area (Å²) in [5, 5.41) is 0.422. The molecule has 0 radical (unpaired) electrons. The molecule has 1 atom stereocenters. The standard InChI is InChI=1S/C31H27ClO6/c1-22(18-29(34)37-21-24-12-6-3-7-13-24)31(26-19-25(32)15-16-27(26)38-30(31)35)17-9-8-14-28(33)36-20-23-10-4-2-5-11-23/h2-8,10-16,19H,1,9,17-18,20-21H2/b14-8+. The number of carbonyl (C=O) groups is 3. The maximum Gasteiger partial charge on any atom is 0.330 e. The lowest BCUT2D eigenvalue weighted by Gasteiger charge is -2.28. The summed E-state index contributed by atoms with van der Waals surface area (Å²) in [6.45, 7) is 4.37. The Labute approximate surface area is 226 Å². The summed E-state index contributed by atoms with van der Waals surface area (Å²) < 4.78 is 16.2. The Bertz CT molecular complexity index is 1350. The summed E-state index contributed by atoms with van der Waals surface area (Å²) in [4.78, 5) is 38.1. The van der Waals surface area contributed by atoms with Crippen molar-refractivity contribution in [3.05, 3.63) is 125 Å². The second-order valence-corrected chi connectivity index (χ2v) is 9.33. The van der Waals surface area contributed by atoms with Gasteiger partial charge in [0.15, 0.2) is 0 Å². The minimum atomic E-state index is -1.32. The Morgan fingerprint density at radius 3 is 2.21 bits per heavy atom. The molecule has 0 saturated heterocycles. The Hall–Kier alpha value is -4.16. The van der Waals surface area contributed by atoms with E-state index in [-0.39, 0.29) is 26.1 Å². The molecule has 0 N–H and O–H groups in total. The van der Waals surface area contributed by atoms with E-state index in [1.165, 1.54) is 6.08 Å². The van der Waals surface area contributed by atoms with Crippen LogP contribution in [0.2, 0.25) is 5.02 Å². The number of rotatable bonds is 11. The maximum atomic E-state index is 13.3. The van der Waals surface area contributed by atoms with Gasteiger partial charge in [-0.3, -0.25) is 9.59 Å². The fourth-order valence-corrected chi connectivity index (χ4v) is 4.51. The molecule has 1 unspecified atom stereocenters. The lowest BCUT2D eigenvalue weighted by atomic mass is 9.71. The highest BCUT2D eigenvalue weighted by atomic mass is 35.5. The summed E-state index contributed by atoms with van der Waals surface area (Å²) >= 11 is 6.25. The first-order valence-corrected chi connectivity index (χ1v) is 12.5. The van der Waals surface area contributed by atoms with Gasteiger partial charge >= 0.3 is 17.9 Å². The third-order valence-corrected chi connectivity index (χ3v) is 6.56. The molecular weight excluding hydrogens is 504 g/mol. The predicted molar refractivity (Wildman–Crippen MR) is 143 cm³/mol. The third-order valence-electron chi connectivity index (χ3n) is 6.32. The quantitative estimate of drug-likeness (QED) is 0.126. The smallest absolute Gasteiger partial charge is 0.330 e. The van der Waals surface area contributed by atoms with Gasteiger partial charge in [-0.1, -0.05) is 84.9 Å². The first-order valence-electron chi connectivity index (χ1n) is 12.2. The monoisotopic (exact) mass is 530 g/mol. The van der Waals surface area contributed by atoms with Crippen LogP contribution in [0.25, 0.3) is 0 Å². The van der Waals surface area contributed by atoms with E-state index in [0.717, 1.165) is 11.1 Å². The fraction of sp³-hybridized carbons (Fsp3) is 0.194. The first kappa shape index (κ1) is 26.9. The van der Waals surface area contributed by atoms with E-state index in [1.54, 1.807) is 24.3 Å². The molecular formula is C31H27ClO6. The van der Waals surface area contributed by atoms with Crippen LogP contribution in [0.15, 0.2) is 103 Å². The van der Waals surface area contributed by atoms with Crippen molar-refractivity contribution in [3.63, 3.8) is 0 Å². The summed E-state index contributed by atoms with van der Waals surface area (Å²) in [5.74, 6) is -1.19. The Morgan fingerprint density at radius 1 is 0.921 bits per heavy atom. The van der Waals surface area contributed by atoms with Gasteiger partial charge in [0, 0.05) is 16.7 Å². The molecule has 38 heavy (non-hydrogen) atoms. The highest BCUT2D eigenvalue weighted by Gasteiger charge is 2.51. The van der Waals surface area contributed by atoms with Crippen LogP contribution in [-0.4, -0.2) is 17.9 Å². The van der Waals surface area contributed by atoms with Gasteiger partial charge in [0.2, 0.25) is 0 Å². The van der Waals surface area contributed by atoms with Gasteiger partial charge in [-0.15, -0.1) is 0 Å². The average Bonchev–Trinajstić information content (AvgIpc) is 3.21. The number of benzene rings is 3. The molecule has 3 aromatic rings. The van der Waals surface area contributed by atoms with Gasteiger partial charge in [0.25, 0.3) is 0 Å². The first-order chi connectivity index (χ1) is 18.4. The van der Waals surface area contributed by atoms with E-state index in [4.69, 9.17) is 25.8 Å². The van der Waals surface area contributed by atoms with E-state index in [0.29, 0.717) is 28.3 Å². The van der Waals surface area contributed by atoms with E-state index < -0.39 is 23.3 Å². The van der Waals surface area contributed by atoms with Crippen LogP contribution in [0, 0.1) is 0 Å². The van der Waals surface area contributed by atoms with Crippen molar-refractivity contribution in [1.82, 2.24) is 0 Å². The summed E-state index contributed by atoms with van der Waals surface area (Å²) in [7, 11) is 0. The van der Waals surface area contributed by atoms with Crippen LogP contribution < -0.4 is 4.74 Å². The molecule has 0 fully saturated rings. The number of hydrogen-bond donors (Lipinski definition) is 0. The largest absolute Gasteiger partial charge is 0.461 e. The predicted octanol–water partition coefficient (Wildman–Crippen LogP) is 6.27. The molecule has 7 heteroatoms. The number of hydrogen-bond acceptors (Lipinski definition) is 6. The minimum Gasteiger partial charge on any atom is -0.461 e. The normalized spacial score (nSPS) is 16.1. The summed E-state index contributed by atoms with van der Waals surface area (Å²) in [5.41, 5.74) is 1.29. The van der Waals surface area contributed by atoms with Crippen LogP contribution in [0.4, 0.5) is 0 Å². The zero-order chi connectivity index (χ0) is 27.0. The molecule has 0 aliphatic carbocycles. The number of ether oxygens (including phenoxy) is 3. The zero-order valence-corrected chi connectivity index (χ0v) is 21.5. The topological polar surface area (TPSA) is 78.9 Å². The van der Waals surface area contributed by atoms with Crippen molar-refractivity contribution in [3.8, 4) is 5.75 Å². The molecule has 1 aliphatic rings. The Morgan fingerprint density at radius 2 is 1.55 bits per heavy atom. The van der Waals surface area contributed by atoms with Crippen molar-refractivity contribution in [2.75, 3.05) is 0 Å². The maximum absolute atomic E-state index is 13.3. The van der Waals surface area contributed by atoms with Gasteiger partial charge in [-0.2, -0.15) is 0 Å². The van der Waals surface area contributed by atoms with E-state index in [9.17, 15) is 14.4 Å². The molecule has 6 nitrogen and oxygen atoms in total. The van der Waals surface area contributed by atoms with E-state index in [2.05, 4.69) is 6.58 Å². The lowest BCUT2D eigenvalue weighted by molar-refractivity contribution is -0.144. The van der Waals surface area contributed by atoms with Crippen molar-refractivity contribution < 1.29 is 28.6 Å². The second-order valence-electron chi connectivity index (χ2n) is 8.90. The molecule has 3 aromatic carbocycles. The van der Waals surface area contributed by atoms with Crippen molar-refractivity contribution >= 4 is 29.5 Å². The van der Waals surface area contributed by atoms with Crippen LogP contribution in [-0.2, 0) is 42.5 Å². The van der Waals surface area contributed by atoms with E-state index in [1.807, 2.05) is 60.7 Å². The highest BCUT2D eigenvalue weighted by Crippen LogP contribution is 2.49. The molecule has 0 aromatic heterocycles. The fourth-order valence-electron chi connectivity index (χ4n) is 4.34. The van der Waals surface area contributed by atoms with Crippen molar-refractivity contribution in [1.29, 1.82) is 0 Å². The van der Waals surface area contributed by atoms with Gasteiger partial charge < -0.3 is 14.2 Å². The molecule has 0 saturated carbocycles. The van der Waals surface area contributed by atoms with Crippen LogP contribution in [0.3, 0.4) is 0 Å². The van der Waals surface area contributed by atoms with Gasteiger partial charge in [-0.25, -0.2) is 4.79 Å².